The zero-order chi connectivity index (χ0) is 32.9. The SMILES string of the molecule is CCCC/C(=C\c1cnc(N)cc1C)CNC(=O)C1CCc2ncc(NC=O)c(=O)n21.COc1ccccc1C(=N)SC(C)=N. The number of thioether (sulfide) groups is 1. The van der Waals surface area contributed by atoms with Crippen LogP contribution in [-0.4, -0.2) is 50.6 Å². The van der Waals surface area contributed by atoms with E-state index in [0.29, 0.717) is 53.3 Å². The van der Waals surface area contributed by atoms with E-state index in [1.165, 1.54) is 10.8 Å². The van der Waals surface area contributed by atoms with Crippen molar-refractivity contribution in [1.82, 2.24) is 19.9 Å². The topological polar surface area (TPSA) is 189 Å². The normalized spacial score (nSPS) is 13.6. The van der Waals surface area contributed by atoms with Gasteiger partial charge >= 0.3 is 0 Å². The fourth-order valence-electron chi connectivity index (χ4n) is 4.75. The summed E-state index contributed by atoms with van der Waals surface area (Å²) in [4.78, 5) is 44.7. The van der Waals surface area contributed by atoms with E-state index in [1.54, 1.807) is 20.2 Å². The number of fused-ring (bicyclic) bond motifs is 1. The Labute approximate surface area is 266 Å². The van der Waals surface area contributed by atoms with Crippen molar-refractivity contribution in [3.8, 4) is 5.75 Å². The molecule has 4 rings (SSSR count). The Kier molecular flexibility index (Phi) is 13.0. The van der Waals surface area contributed by atoms with Gasteiger partial charge in [0.25, 0.3) is 5.56 Å². The van der Waals surface area contributed by atoms with Crippen LogP contribution in [0, 0.1) is 17.7 Å². The molecule has 0 aliphatic carbocycles. The minimum Gasteiger partial charge on any atom is -0.496 e. The number of nitrogens with one attached hydrogen (secondary N) is 4. The quantitative estimate of drug-likeness (QED) is 0.114. The number of nitrogens with two attached hydrogens (primary N) is 1. The van der Waals surface area contributed by atoms with Crippen LogP contribution >= 0.6 is 11.8 Å². The molecular formula is C32H40N8O4S. The number of hydrogen-bond donors (Lipinski definition) is 5. The van der Waals surface area contributed by atoms with Gasteiger partial charge in [0.05, 0.1) is 18.4 Å². The predicted molar refractivity (Wildman–Crippen MR) is 180 cm³/mol. The number of aromatic nitrogens is 3. The number of carbonyl (C=O) groups excluding carboxylic acids is 2. The van der Waals surface area contributed by atoms with Crippen LogP contribution in [0.1, 0.15) is 68.1 Å². The second-order valence-electron chi connectivity index (χ2n) is 10.4. The zero-order valence-electron chi connectivity index (χ0n) is 26.0. The maximum absolute atomic E-state index is 12.9. The molecular weight excluding hydrogens is 592 g/mol. The Morgan fingerprint density at radius 2 is 2.00 bits per heavy atom. The Hall–Kier alpha value is -4.78. The molecule has 2 aromatic heterocycles. The second kappa shape index (κ2) is 16.9. The maximum Gasteiger partial charge on any atom is 0.278 e. The molecule has 0 bridgehead atoms. The van der Waals surface area contributed by atoms with E-state index in [2.05, 4.69) is 27.5 Å². The number of ether oxygens (including phenoxy) is 1. The minimum atomic E-state index is -0.643. The summed E-state index contributed by atoms with van der Waals surface area (Å²) in [7, 11) is 1.58. The maximum atomic E-state index is 12.9. The standard InChI is InChI=1S/C22H28N6O3.C10H12N2OS/c1-3-4-5-15(9-16-11-24-19(23)8-14(16)2)10-26-21(30)18-6-7-20-25-12-17(27-13-29)22(31)28(18)20;1-7(11)14-10(12)8-5-3-4-6-9(8)13-2/h8-9,11-13,18H,3-7,10H2,1-2H3,(H2,23,24)(H,26,30)(H,27,29);3-6,11-12H,1-2H3/b15-9+;. The summed E-state index contributed by atoms with van der Waals surface area (Å²) in [5, 5.41) is 21.1. The number of unbranched alkanes of at least 4 members (excludes halogenated alkanes) is 1. The molecule has 1 aliphatic heterocycles. The summed E-state index contributed by atoms with van der Waals surface area (Å²) in [6.45, 7) is 6.13. The third-order valence-corrected chi connectivity index (χ3v) is 7.75. The highest BCUT2D eigenvalue weighted by Crippen LogP contribution is 2.24. The van der Waals surface area contributed by atoms with Crippen LogP contribution in [0.3, 0.4) is 0 Å². The first-order valence-corrected chi connectivity index (χ1v) is 15.4. The van der Waals surface area contributed by atoms with Gasteiger partial charge in [-0.1, -0.05) is 48.9 Å². The summed E-state index contributed by atoms with van der Waals surface area (Å²) < 4.78 is 6.50. The van der Waals surface area contributed by atoms with Gasteiger partial charge < -0.3 is 21.1 Å². The first-order chi connectivity index (χ1) is 21.6. The summed E-state index contributed by atoms with van der Waals surface area (Å²) in [6.07, 6.45) is 9.44. The molecule has 0 spiro atoms. The number of hydrogen-bond acceptors (Lipinski definition) is 10. The molecule has 6 N–H and O–H groups in total. The number of nitrogen functional groups attached to an aromatic ring is 1. The van der Waals surface area contributed by atoms with Gasteiger partial charge in [0.15, 0.2) is 0 Å². The van der Waals surface area contributed by atoms with Crippen molar-refractivity contribution < 1.29 is 14.3 Å². The highest BCUT2D eigenvalue weighted by atomic mass is 32.2. The number of benzene rings is 1. The van der Waals surface area contributed by atoms with E-state index in [9.17, 15) is 14.4 Å². The van der Waals surface area contributed by atoms with E-state index in [0.717, 1.165) is 53.3 Å². The van der Waals surface area contributed by atoms with Gasteiger partial charge in [0, 0.05) is 24.7 Å². The number of amides is 2. The van der Waals surface area contributed by atoms with Crippen molar-refractivity contribution in [3.63, 3.8) is 0 Å². The highest BCUT2D eigenvalue weighted by Gasteiger charge is 2.31. The Balaban J connectivity index is 0.000000330. The van der Waals surface area contributed by atoms with E-state index < -0.39 is 11.6 Å². The number of aryl methyl sites for hydroxylation is 2. The van der Waals surface area contributed by atoms with Crippen LogP contribution in [0.2, 0.25) is 0 Å². The van der Waals surface area contributed by atoms with Crippen molar-refractivity contribution in [2.45, 2.75) is 58.9 Å². The van der Waals surface area contributed by atoms with Gasteiger partial charge in [-0.05, 0) is 62.4 Å². The Morgan fingerprint density at radius 3 is 2.67 bits per heavy atom. The fraction of sp³-hybridized carbons (Fsp3) is 0.344. The number of methoxy groups -OCH3 is 1. The average molecular weight is 633 g/mol. The number of rotatable bonds is 11. The van der Waals surface area contributed by atoms with Gasteiger partial charge in [0.2, 0.25) is 12.3 Å². The molecule has 13 heteroatoms. The zero-order valence-corrected chi connectivity index (χ0v) is 26.8. The molecule has 1 unspecified atom stereocenters. The summed E-state index contributed by atoms with van der Waals surface area (Å²) in [5.41, 5.74) is 9.17. The van der Waals surface area contributed by atoms with Gasteiger partial charge in [-0.15, -0.1) is 0 Å². The van der Waals surface area contributed by atoms with Crippen molar-refractivity contribution in [2.24, 2.45) is 0 Å². The lowest BCUT2D eigenvalue weighted by Crippen LogP contribution is -2.37. The van der Waals surface area contributed by atoms with Crippen LogP contribution in [-0.2, 0) is 16.0 Å². The number of carbonyl (C=O) groups is 2. The Bertz CT molecular complexity index is 1640. The third kappa shape index (κ3) is 9.60. The first kappa shape index (κ1) is 34.7. The molecule has 12 nitrogen and oxygen atoms in total. The van der Waals surface area contributed by atoms with Crippen LogP contribution < -0.4 is 26.7 Å². The van der Waals surface area contributed by atoms with Crippen molar-refractivity contribution in [2.75, 3.05) is 24.7 Å². The molecule has 3 heterocycles. The minimum absolute atomic E-state index is 0.0632. The highest BCUT2D eigenvalue weighted by molar-refractivity contribution is 8.26. The van der Waals surface area contributed by atoms with Gasteiger partial charge in [-0.2, -0.15) is 0 Å². The molecule has 45 heavy (non-hydrogen) atoms. The lowest BCUT2D eigenvalue weighted by atomic mass is 10.0. The van der Waals surface area contributed by atoms with Crippen molar-refractivity contribution in [1.29, 1.82) is 10.8 Å². The number of nitrogens with zero attached hydrogens (tertiary/aromatic N) is 3. The van der Waals surface area contributed by atoms with E-state index in [-0.39, 0.29) is 11.6 Å². The van der Waals surface area contributed by atoms with E-state index in [4.69, 9.17) is 21.3 Å². The molecule has 0 fully saturated rings. The molecule has 1 atom stereocenters. The third-order valence-electron chi connectivity index (χ3n) is 7.02. The smallest absolute Gasteiger partial charge is 0.278 e. The molecule has 3 aromatic rings. The van der Waals surface area contributed by atoms with Crippen LogP contribution in [0.5, 0.6) is 5.75 Å². The molecule has 0 saturated carbocycles. The number of pyridine rings is 1. The number of anilines is 2. The monoisotopic (exact) mass is 632 g/mol. The molecule has 2 amide bonds. The summed E-state index contributed by atoms with van der Waals surface area (Å²) in [5.74, 6) is 1.46. The van der Waals surface area contributed by atoms with Gasteiger partial charge in [0.1, 0.15) is 34.2 Å². The average Bonchev–Trinajstić information content (AvgIpc) is 3.46. The van der Waals surface area contributed by atoms with Crippen molar-refractivity contribution in [3.05, 3.63) is 81.2 Å². The van der Waals surface area contributed by atoms with Crippen LogP contribution in [0.25, 0.3) is 6.08 Å². The summed E-state index contributed by atoms with van der Waals surface area (Å²) >= 11 is 1.12. The molecule has 0 radical (unpaired) electrons. The van der Waals surface area contributed by atoms with Crippen LogP contribution in [0.4, 0.5) is 11.5 Å². The van der Waals surface area contributed by atoms with Gasteiger partial charge in [-0.25, -0.2) is 9.97 Å². The predicted octanol–water partition coefficient (Wildman–Crippen LogP) is 4.73. The largest absolute Gasteiger partial charge is 0.496 e. The van der Waals surface area contributed by atoms with Crippen molar-refractivity contribution >= 4 is 51.7 Å². The Morgan fingerprint density at radius 1 is 1.24 bits per heavy atom. The van der Waals surface area contributed by atoms with E-state index >= 15 is 0 Å². The van der Waals surface area contributed by atoms with Crippen LogP contribution in [0.15, 0.2) is 53.1 Å². The van der Waals surface area contributed by atoms with Gasteiger partial charge in [-0.3, -0.25) is 29.8 Å². The molecule has 1 aromatic carbocycles. The lowest BCUT2D eigenvalue weighted by Gasteiger charge is -2.16. The molecule has 0 saturated heterocycles. The second-order valence-corrected chi connectivity index (χ2v) is 11.6. The molecule has 238 valence electrons. The summed E-state index contributed by atoms with van der Waals surface area (Å²) in [6, 6.07) is 8.52. The first-order valence-electron chi connectivity index (χ1n) is 14.5. The molecule has 1 aliphatic rings. The lowest BCUT2D eigenvalue weighted by molar-refractivity contribution is -0.124. The number of para-hydroxylation sites is 1. The van der Waals surface area contributed by atoms with E-state index in [1.807, 2.05) is 43.3 Å². The fourth-order valence-corrected chi connectivity index (χ4v) is 5.33.